The molecule has 0 spiro atoms. The Balaban J connectivity index is 1.77. The van der Waals surface area contributed by atoms with Crippen molar-refractivity contribution in [1.82, 2.24) is 5.32 Å². The first-order valence-electron chi connectivity index (χ1n) is 7.29. The average molecular weight is 311 g/mol. The molecule has 1 heterocycles. The van der Waals surface area contributed by atoms with Crippen molar-refractivity contribution >= 4 is 11.7 Å². The van der Waals surface area contributed by atoms with Crippen LogP contribution in [0.4, 0.5) is 0 Å². The number of ether oxygens (including phenoxy) is 2. The largest absolute Gasteiger partial charge is 0.454 e. The molecule has 0 aliphatic carbocycles. The van der Waals surface area contributed by atoms with Crippen LogP contribution in [0.2, 0.25) is 0 Å². The highest BCUT2D eigenvalue weighted by atomic mass is 16.7. The monoisotopic (exact) mass is 311 g/mol. The van der Waals surface area contributed by atoms with Gasteiger partial charge in [0, 0.05) is 11.1 Å². The van der Waals surface area contributed by atoms with Crippen molar-refractivity contribution in [3.8, 4) is 11.5 Å². The van der Waals surface area contributed by atoms with E-state index in [9.17, 15) is 9.59 Å². The van der Waals surface area contributed by atoms with E-state index in [2.05, 4.69) is 5.32 Å². The number of ketones is 1. The number of nitrogens with one attached hydrogen (secondary N) is 1. The summed E-state index contributed by atoms with van der Waals surface area (Å²) in [6.07, 6.45) is 0. The van der Waals surface area contributed by atoms with Gasteiger partial charge < -0.3 is 14.8 Å². The van der Waals surface area contributed by atoms with Crippen LogP contribution in [0, 0.1) is 0 Å². The van der Waals surface area contributed by atoms with Gasteiger partial charge in [-0.2, -0.15) is 0 Å². The number of fused-ring (bicyclic) bond motifs is 1. The van der Waals surface area contributed by atoms with E-state index in [1.807, 2.05) is 6.07 Å². The summed E-state index contributed by atoms with van der Waals surface area (Å²) in [4.78, 5) is 25.0. The van der Waals surface area contributed by atoms with Crippen molar-refractivity contribution in [2.24, 2.45) is 0 Å². The van der Waals surface area contributed by atoms with Gasteiger partial charge in [-0.3, -0.25) is 9.59 Å². The molecular formula is C18H17NO4. The van der Waals surface area contributed by atoms with Crippen LogP contribution in [0.15, 0.2) is 48.5 Å². The zero-order chi connectivity index (χ0) is 16.4. The lowest BCUT2D eigenvalue weighted by molar-refractivity contribution is 0.0798. The van der Waals surface area contributed by atoms with Gasteiger partial charge in [0.25, 0.3) is 5.91 Å². The predicted octanol–water partition coefficient (Wildman–Crippen LogP) is 2.81. The third kappa shape index (κ3) is 3.04. The highest BCUT2D eigenvalue weighted by Gasteiger charge is 2.31. The number of Topliss-reactive ketones (excluding diaryl/α,β-unsaturated/α-hetero) is 1. The van der Waals surface area contributed by atoms with Crippen LogP contribution < -0.4 is 14.8 Å². The molecule has 5 nitrogen and oxygen atoms in total. The fourth-order valence-corrected chi connectivity index (χ4v) is 2.40. The molecule has 0 atom stereocenters. The normalized spacial score (nSPS) is 12.8. The molecule has 0 aromatic heterocycles. The van der Waals surface area contributed by atoms with Crippen LogP contribution in [0.5, 0.6) is 11.5 Å². The van der Waals surface area contributed by atoms with Gasteiger partial charge in [-0.1, -0.05) is 30.3 Å². The maximum Gasteiger partial charge on any atom is 0.252 e. The molecule has 2 aromatic rings. The minimum Gasteiger partial charge on any atom is -0.454 e. The highest BCUT2D eigenvalue weighted by Crippen LogP contribution is 2.32. The first kappa shape index (κ1) is 15.1. The van der Waals surface area contributed by atoms with Crippen LogP contribution in [-0.4, -0.2) is 24.0 Å². The SMILES string of the molecule is CC(C)(NC(=O)c1ccc2c(c1)OCO2)C(=O)c1ccccc1. The Morgan fingerprint density at radius 1 is 0.957 bits per heavy atom. The van der Waals surface area contributed by atoms with E-state index in [1.54, 1.807) is 56.3 Å². The zero-order valence-corrected chi connectivity index (χ0v) is 13.0. The summed E-state index contributed by atoms with van der Waals surface area (Å²) in [6.45, 7) is 3.53. The second-order valence-corrected chi connectivity index (χ2v) is 5.84. The number of benzene rings is 2. The molecule has 1 amide bonds. The molecule has 0 saturated heterocycles. The number of amides is 1. The lowest BCUT2D eigenvalue weighted by Crippen LogP contribution is -2.49. The Bertz CT molecular complexity index is 753. The standard InChI is InChI=1S/C18H17NO4/c1-18(2,16(20)12-6-4-3-5-7-12)19-17(21)13-8-9-14-15(10-13)23-11-22-14/h3-10H,11H2,1-2H3,(H,19,21). The van der Waals surface area contributed by atoms with Crippen LogP contribution in [0.3, 0.4) is 0 Å². The van der Waals surface area contributed by atoms with Crippen molar-refractivity contribution in [2.45, 2.75) is 19.4 Å². The number of carbonyl (C=O) groups excluding carboxylic acids is 2. The van der Waals surface area contributed by atoms with Gasteiger partial charge in [0.1, 0.15) is 0 Å². The van der Waals surface area contributed by atoms with E-state index in [1.165, 1.54) is 0 Å². The molecule has 0 unspecified atom stereocenters. The molecule has 2 aromatic carbocycles. The van der Waals surface area contributed by atoms with Crippen molar-refractivity contribution < 1.29 is 19.1 Å². The Hall–Kier alpha value is -2.82. The molecule has 0 radical (unpaired) electrons. The summed E-state index contributed by atoms with van der Waals surface area (Å²) in [7, 11) is 0. The second kappa shape index (κ2) is 5.76. The number of hydrogen-bond donors (Lipinski definition) is 1. The summed E-state index contributed by atoms with van der Waals surface area (Å²) in [5, 5.41) is 2.78. The highest BCUT2D eigenvalue weighted by molar-refractivity contribution is 6.06. The van der Waals surface area contributed by atoms with E-state index >= 15 is 0 Å². The van der Waals surface area contributed by atoms with Gasteiger partial charge in [0.15, 0.2) is 17.3 Å². The molecular weight excluding hydrogens is 294 g/mol. The number of carbonyl (C=O) groups is 2. The summed E-state index contributed by atoms with van der Waals surface area (Å²) < 4.78 is 10.5. The predicted molar refractivity (Wildman–Crippen MR) is 84.9 cm³/mol. The Morgan fingerprint density at radius 2 is 1.65 bits per heavy atom. The van der Waals surface area contributed by atoms with Crippen molar-refractivity contribution in [3.05, 3.63) is 59.7 Å². The minimum absolute atomic E-state index is 0.146. The maximum absolute atomic E-state index is 12.6. The summed E-state index contributed by atoms with van der Waals surface area (Å²) >= 11 is 0. The first-order valence-corrected chi connectivity index (χ1v) is 7.29. The van der Waals surface area contributed by atoms with Gasteiger partial charge >= 0.3 is 0 Å². The lowest BCUT2D eigenvalue weighted by atomic mass is 9.92. The zero-order valence-electron chi connectivity index (χ0n) is 13.0. The Kier molecular flexibility index (Phi) is 3.78. The molecule has 1 aliphatic rings. The average Bonchev–Trinajstić information content (AvgIpc) is 3.02. The second-order valence-electron chi connectivity index (χ2n) is 5.84. The molecule has 1 N–H and O–H groups in total. The third-order valence-electron chi connectivity index (χ3n) is 3.66. The first-order chi connectivity index (χ1) is 11.0. The van der Waals surface area contributed by atoms with Gasteiger partial charge in [0.05, 0.1) is 5.54 Å². The molecule has 5 heteroatoms. The third-order valence-corrected chi connectivity index (χ3v) is 3.66. The van der Waals surface area contributed by atoms with E-state index in [0.29, 0.717) is 22.6 Å². The van der Waals surface area contributed by atoms with E-state index in [4.69, 9.17) is 9.47 Å². The van der Waals surface area contributed by atoms with Crippen LogP contribution in [0.1, 0.15) is 34.6 Å². The van der Waals surface area contributed by atoms with Gasteiger partial charge in [0.2, 0.25) is 6.79 Å². The Morgan fingerprint density at radius 3 is 2.39 bits per heavy atom. The van der Waals surface area contributed by atoms with E-state index in [0.717, 1.165) is 0 Å². The number of hydrogen-bond acceptors (Lipinski definition) is 4. The van der Waals surface area contributed by atoms with E-state index < -0.39 is 5.54 Å². The van der Waals surface area contributed by atoms with Crippen LogP contribution in [0.25, 0.3) is 0 Å². The molecule has 0 bridgehead atoms. The van der Waals surface area contributed by atoms with Crippen molar-refractivity contribution in [3.63, 3.8) is 0 Å². The van der Waals surface area contributed by atoms with Gasteiger partial charge in [-0.25, -0.2) is 0 Å². The molecule has 3 rings (SSSR count). The summed E-state index contributed by atoms with van der Waals surface area (Å²) in [6, 6.07) is 13.8. The topological polar surface area (TPSA) is 64.6 Å². The molecule has 0 saturated carbocycles. The molecule has 1 aliphatic heterocycles. The van der Waals surface area contributed by atoms with E-state index in [-0.39, 0.29) is 18.5 Å². The Labute approximate surface area is 134 Å². The molecule has 118 valence electrons. The lowest BCUT2D eigenvalue weighted by Gasteiger charge is -2.25. The molecule has 23 heavy (non-hydrogen) atoms. The summed E-state index contributed by atoms with van der Waals surface area (Å²) in [5.41, 5.74) is -0.0406. The summed E-state index contributed by atoms with van der Waals surface area (Å²) in [5.74, 6) is 0.663. The van der Waals surface area contributed by atoms with Crippen molar-refractivity contribution in [1.29, 1.82) is 0 Å². The van der Waals surface area contributed by atoms with Crippen molar-refractivity contribution in [2.75, 3.05) is 6.79 Å². The fraction of sp³-hybridized carbons (Fsp3) is 0.222. The maximum atomic E-state index is 12.6. The number of rotatable bonds is 4. The van der Waals surface area contributed by atoms with Gasteiger partial charge in [-0.15, -0.1) is 0 Å². The fourth-order valence-electron chi connectivity index (χ4n) is 2.40. The van der Waals surface area contributed by atoms with Crippen LogP contribution >= 0.6 is 0 Å². The quantitative estimate of drug-likeness (QED) is 0.882. The van der Waals surface area contributed by atoms with Crippen LogP contribution in [-0.2, 0) is 0 Å². The smallest absolute Gasteiger partial charge is 0.252 e. The minimum atomic E-state index is -1.02. The molecule has 0 fully saturated rings. The van der Waals surface area contributed by atoms with Gasteiger partial charge in [-0.05, 0) is 32.0 Å².